The largest absolute Gasteiger partial charge is 0.465 e. The van der Waals surface area contributed by atoms with Crippen LogP contribution in [0.25, 0.3) is 22.0 Å². The molecule has 1 aliphatic heterocycles. The molecule has 6 N–H and O–H groups in total. The van der Waals surface area contributed by atoms with Crippen molar-refractivity contribution in [3.8, 4) is 11.1 Å². The molecule has 0 unspecified atom stereocenters. The number of amides is 3. The van der Waals surface area contributed by atoms with Crippen molar-refractivity contribution in [1.29, 1.82) is 0 Å². The number of carbonyl (C=O) groups excluding carboxylic acids is 2. The van der Waals surface area contributed by atoms with Crippen LogP contribution in [0, 0.1) is 18.8 Å². The van der Waals surface area contributed by atoms with Gasteiger partial charge in [0, 0.05) is 58.1 Å². The summed E-state index contributed by atoms with van der Waals surface area (Å²) in [5.41, 5.74) is 4.07. The van der Waals surface area contributed by atoms with Gasteiger partial charge in [-0.05, 0) is 199 Å². The van der Waals surface area contributed by atoms with Gasteiger partial charge in [-0.3, -0.25) is 24.6 Å². The Morgan fingerprint density at radius 1 is 0.409 bits per heavy atom. The number of sulfonamides is 1. The molecular formula is C108H102N6O7P4PdS. The summed E-state index contributed by atoms with van der Waals surface area (Å²) in [6.07, 6.45) is 3.42. The van der Waals surface area contributed by atoms with Gasteiger partial charge < -0.3 is 21.1 Å². The summed E-state index contributed by atoms with van der Waals surface area (Å²) in [7, 11) is -5.37. The third kappa shape index (κ3) is 25.9. The SMILES string of the molecule is Cc1ccc(S(=O)(=O)N2CCCC2)cc1-c1ccc(C[C@H](NC(=O)[C@H]2CC[C@H](CNC(=O)O)CC2)C(=O)Nc2ccc3c(=O)[nH][nH]c3c2)cc1.[Pd].c1ccc(P(c2ccccc2)c2ccccc2)cc1.c1ccc(P(c2ccccc2)c2ccccc2)cc1.c1ccc(P(c2ccccc2)c2ccccc2)cc1.c1ccc(P(c2ccccc2)c2ccccc2)cc1. The Balaban J connectivity index is 0.000000148. The van der Waals surface area contributed by atoms with Gasteiger partial charge in [0.1, 0.15) is 6.04 Å². The number of rotatable bonds is 23. The number of hydrogen-bond acceptors (Lipinski definition) is 6. The van der Waals surface area contributed by atoms with Crippen LogP contribution in [0.5, 0.6) is 0 Å². The number of nitrogens with zero attached hydrogens (tertiary/aromatic N) is 1. The maximum absolute atomic E-state index is 13.7. The zero-order chi connectivity index (χ0) is 87.1. The second-order valence-electron chi connectivity index (χ2n) is 30.7. The van der Waals surface area contributed by atoms with E-state index in [0.29, 0.717) is 61.9 Å². The Kier molecular flexibility index (Phi) is 34.7. The van der Waals surface area contributed by atoms with Crippen molar-refractivity contribution >= 4 is 140 Å². The number of fused-ring (bicyclic) bond motifs is 1. The second-order valence-corrected chi connectivity index (χ2v) is 41.5. The predicted octanol–water partition coefficient (Wildman–Crippen LogP) is 18.1. The Labute approximate surface area is 764 Å². The molecule has 0 radical (unpaired) electrons. The molecule has 642 valence electrons. The van der Waals surface area contributed by atoms with E-state index in [1.54, 1.807) is 30.3 Å². The first kappa shape index (κ1) is 92.7. The summed E-state index contributed by atoms with van der Waals surface area (Å²) in [5.74, 6) is -0.799. The molecule has 3 amide bonds. The monoisotopic (exact) mass is 1860 g/mol. The Hall–Kier alpha value is -11.9. The Morgan fingerprint density at radius 2 is 0.732 bits per heavy atom. The van der Waals surface area contributed by atoms with Gasteiger partial charge in [-0.25, -0.2) is 13.2 Å². The molecule has 18 rings (SSSR count). The zero-order valence-corrected chi connectivity index (χ0v) is 76.5. The molecular weight excluding hydrogens is 1760 g/mol. The fraction of sp³-hybridized carbons (Fsp3) is 0.130. The van der Waals surface area contributed by atoms with Crippen LogP contribution in [0.15, 0.2) is 434 Å². The van der Waals surface area contributed by atoms with E-state index >= 15 is 0 Å². The third-order valence-electron chi connectivity index (χ3n) is 22.0. The maximum atomic E-state index is 13.7. The van der Waals surface area contributed by atoms with Gasteiger partial charge in [0.15, 0.2) is 0 Å². The number of benzene rings is 15. The predicted molar refractivity (Wildman–Crippen MR) is 530 cm³/mol. The maximum Gasteiger partial charge on any atom is 0.404 e. The van der Waals surface area contributed by atoms with Crippen molar-refractivity contribution in [1.82, 2.24) is 25.1 Å². The first-order valence-corrected chi connectivity index (χ1v) is 49.4. The molecule has 19 heteroatoms. The molecule has 127 heavy (non-hydrogen) atoms. The number of aryl methyl sites for hydroxylation is 1. The molecule has 1 saturated carbocycles. The first-order chi connectivity index (χ1) is 61.8. The van der Waals surface area contributed by atoms with Crippen LogP contribution < -0.4 is 85.2 Å². The summed E-state index contributed by atoms with van der Waals surface area (Å²) in [6, 6.07) is 146. The molecule has 1 saturated heterocycles. The van der Waals surface area contributed by atoms with E-state index in [-0.39, 0.29) is 55.0 Å². The van der Waals surface area contributed by atoms with Gasteiger partial charge in [0.2, 0.25) is 21.8 Å². The normalized spacial score (nSPS) is 13.7. The van der Waals surface area contributed by atoms with Gasteiger partial charge >= 0.3 is 6.09 Å². The summed E-state index contributed by atoms with van der Waals surface area (Å²) in [6.45, 7) is 3.33. The average Bonchev–Trinajstić information content (AvgIpc) is 1.73. The number of anilines is 1. The van der Waals surface area contributed by atoms with Crippen molar-refractivity contribution in [2.24, 2.45) is 11.8 Å². The quantitative estimate of drug-likeness (QED) is 0.0271. The van der Waals surface area contributed by atoms with Gasteiger partial charge in [-0.15, -0.1) is 0 Å². The fourth-order valence-electron chi connectivity index (χ4n) is 15.6. The minimum absolute atomic E-state index is 0. The van der Waals surface area contributed by atoms with E-state index in [2.05, 4.69) is 390 Å². The van der Waals surface area contributed by atoms with Crippen LogP contribution in [-0.4, -0.2) is 71.6 Å². The van der Waals surface area contributed by atoms with Crippen LogP contribution in [0.2, 0.25) is 0 Å². The molecule has 1 aliphatic carbocycles. The standard InChI is InChI=1S/C36H42N6O7S.4C18H15P.Pd/c1-22-4-14-28(50(48,49)42-16-2-3-17-42)20-30(22)25-9-5-23(6-10-25)18-32(35(45)38-27-13-15-29-31(19-27)40-41-34(29)44)39-33(43)26-11-7-24(8-12-26)21-37-36(46)47;4*1-4-10-16(11-5-1)19(17-12-6-2-7-13-17)18-14-8-3-9-15-18;/h4-6,9-10,13-15,19-20,24,26,32,37H,2-3,7-8,11-12,16-18,21H2,1H3,(H,38,45)(H,39,43)(H,46,47)(H2,40,41,44);4*1-15H;/t24-,26-,32-;;;;;/m0...../s1. The zero-order valence-electron chi connectivity index (χ0n) is 70.6. The van der Waals surface area contributed by atoms with E-state index in [1.807, 2.05) is 37.3 Å². The summed E-state index contributed by atoms with van der Waals surface area (Å²) in [5, 5.41) is 39.7. The summed E-state index contributed by atoms with van der Waals surface area (Å²) < 4.78 is 28.0. The van der Waals surface area contributed by atoms with Crippen LogP contribution >= 0.6 is 31.7 Å². The minimum atomic E-state index is -3.58. The van der Waals surface area contributed by atoms with Gasteiger partial charge in [0.25, 0.3) is 5.56 Å². The molecule has 16 aromatic rings. The molecule has 0 spiro atoms. The molecule has 0 bridgehead atoms. The minimum Gasteiger partial charge on any atom is -0.465 e. The average molecular weight is 1860 g/mol. The fourth-order valence-corrected chi connectivity index (χ4v) is 26.4. The van der Waals surface area contributed by atoms with E-state index in [9.17, 15) is 27.6 Å². The number of H-pyrrole nitrogens is 2. The Morgan fingerprint density at radius 3 is 1.05 bits per heavy atom. The van der Waals surface area contributed by atoms with Crippen molar-refractivity contribution in [3.05, 3.63) is 446 Å². The van der Waals surface area contributed by atoms with Crippen LogP contribution in [0.3, 0.4) is 0 Å². The van der Waals surface area contributed by atoms with E-state index in [4.69, 9.17) is 5.11 Å². The number of carbonyl (C=O) groups is 3. The number of nitrogens with one attached hydrogen (secondary N) is 5. The first-order valence-electron chi connectivity index (χ1n) is 42.6. The molecule has 13 nitrogen and oxygen atoms in total. The number of hydrogen-bond donors (Lipinski definition) is 6. The van der Waals surface area contributed by atoms with Crippen LogP contribution in [-0.2, 0) is 46.5 Å². The third-order valence-corrected chi connectivity index (χ3v) is 33.7. The Bertz CT molecular complexity index is 5380. The van der Waals surface area contributed by atoms with E-state index in [1.165, 1.54) is 68.0 Å². The summed E-state index contributed by atoms with van der Waals surface area (Å²) >= 11 is 0. The van der Waals surface area contributed by atoms with Crippen molar-refractivity contribution < 1.29 is 48.3 Å². The number of carboxylic acid groups (broad SMARTS) is 1. The van der Waals surface area contributed by atoms with Gasteiger partial charge in [-0.2, -0.15) is 4.31 Å². The topological polar surface area (TPSA) is 194 Å². The molecule has 1 atom stereocenters. The number of aromatic nitrogens is 2. The van der Waals surface area contributed by atoms with Gasteiger partial charge in [-0.1, -0.05) is 394 Å². The molecule has 2 heterocycles. The van der Waals surface area contributed by atoms with E-state index in [0.717, 1.165) is 35.1 Å². The van der Waals surface area contributed by atoms with Crippen molar-refractivity contribution in [3.63, 3.8) is 0 Å². The van der Waals surface area contributed by atoms with Gasteiger partial charge in [0.05, 0.1) is 15.8 Å². The number of aromatic amines is 2. The van der Waals surface area contributed by atoms with Crippen molar-refractivity contribution in [2.75, 3.05) is 25.0 Å². The van der Waals surface area contributed by atoms with E-state index < -0.39 is 59.8 Å². The molecule has 1 aromatic heterocycles. The second kappa shape index (κ2) is 47.6. The summed E-state index contributed by atoms with van der Waals surface area (Å²) in [4.78, 5) is 50.3. The molecule has 15 aromatic carbocycles. The molecule has 2 fully saturated rings. The van der Waals surface area contributed by atoms with Crippen LogP contribution in [0.1, 0.15) is 49.7 Å². The van der Waals surface area contributed by atoms with Crippen molar-refractivity contribution in [2.45, 2.75) is 62.8 Å². The smallest absolute Gasteiger partial charge is 0.404 e. The molecule has 2 aliphatic rings. The van der Waals surface area contributed by atoms with Crippen LogP contribution in [0.4, 0.5) is 10.5 Å².